The van der Waals surface area contributed by atoms with Crippen LogP contribution in [-0.2, 0) is 19.1 Å². The normalized spacial score (nSPS) is 18.1. The molecule has 2 rings (SSSR count). The van der Waals surface area contributed by atoms with E-state index in [1.54, 1.807) is 40.9 Å². The minimum Gasteiger partial charge on any atom is -0.467 e. The number of rotatable bonds is 7. The van der Waals surface area contributed by atoms with E-state index in [1.165, 1.54) is 7.11 Å². The monoisotopic (exact) mass is 384 g/mol. The molecule has 0 aromatic heterocycles. The van der Waals surface area contributed by atoms with Gasteiger partial charge in [0.05, 0.1) is 13.0 Å². The Hall–Kier alpha value is -1.73. The van der Waals surface area contributed by atoms with Crippen molar-refractivity contribution in [1.29, 1.82) is 0 Å². The third-order valence-corrected chi connectivity index (χ3v) is 4.91. The molecule has 0 unspecified atom stereocenters. The summed E-state index contributed by atoms with van der Waals surface area (Å²) in [5, 5.41) is 3.25. The summed E-state index contributed by atoms with van der Waals surface area (Å²) in [6.07, 6.45) is 2.52. The van der Waals surface area contributed by atoms with Gasteiger partial charge >= 0.3 is 5.97 Å². The molecular weight excluding hydrogens is 364 g/mol. The molecule has 0 spiro atoms. The Morgan fingerprint density at radius 2 is 2.24 bits per heavy atom. The topological polar surface area (TPSA) is 75.7 Å². The number of nitrogens with zero attached hydrogens (tertiary/aromatic N) is 1. The Morgan fingerprint density at radius 3 is 2.88 bits per heavy atom. The smallest absolute Gasteiger partial charge is 0.328 e. The summed E-state index contributed by atoms with van der Waals surface area (Å²) in [6.45, 7) is 0.265. The highest BCUT2D eigenvalue weighted by Crippen LogP contribution is 2.27. The fourth-order valence-electron chi connectivity index (χ4n) is 2.69. The molecule has 1 heterocycles. The molecule has 0 radical (unpaired) electrons. The van der Waals surface area contributed by atoms with Gasteiger partial charge in [0, 0.05) is 23.7 Å². The minimum absolute atomic E-state index is 0.106. The number of anilines is 1. The number of benzene rings is 1. The highest BCUT2D eigenvalue weighted by Gasteiger charge is 2.36. The molecule has 1 aliphatic rings. The van der Waals surface area contributed by atoms with Crippen LogP contribution in [0.3, 0.4) is 0 Å². The second-order valence-electron chi connectivity index (χ2n) is 5.75. The van der Waals surface area contributed by atoms with Gasteiger partial charge in [-0.15, -0.1) is 0 Å². The molecule has 0 bridgehead atoms. The molecule has 136 valence electrons. The lowest BCUT2D eigenvalue weighted by atomic mass is 10.1. The number of nitrogens with one attached hydrogen (secondary N) is 1. The maximum absolute atomic E-state index is 12.5. The number of hydrogen-bond acceptors (Lipinski definition) is 5. The molecule has 6 nitrogen and oxygen atoms in total. The van der Waals surface area contributed by atoms with E-state index in [2.05, 4.69) is 5.32 Å². The first-order valence-electron chi connectivity index (χ1n) is 7.89. The second-order valence-corrected chi connectivity index (χ2v) is 7.17. The van der Waals surface area contributed by atoms with Crippen LogP contribution in [0.2, 0.25) is 5.02 Å². The van der Waals surface area contributed by atoms with Crippen molar-refractivity contribution >= 4 is 46.8 Å². The lowest BCUT2D eigenvalue weighted by Gasteiger charge is -2.19. The second kappa shape index (κ2) is 9.10. The lowest BCUT2D eigenvalue weighted by molar-refractivity contribution is -0.145. The van der Waals surface area contributed by atoms with E-state index in [1.807, 2.05) is 6.26 Å². The summed E-state index contributed by atoms with van der Waals surface area (Å²) >= 11 is 7.55. The Balaban J connectivity index is 2.02. The summed E-state index contributed by atoms with van der Waals surface area (Å²) in [5.74, 6) is -0.708. The van der Waals surface area contributed by atoms with E-state index in [-0.39, 0.29) is 24.8 Å². The first-order chi connectivity index (χ1) is 12.0. The number of ether oxygens (including phenoxy) is 1. The van der Waals surface area contributed by atoms with Gasteiger partial charge in [-0.05, 0) is 36.6 Å². The Bertz CT molecular complexity index is 655. The summed E-state index contributed by atoms with van der Waals surface area (Å²) < 4.78 is 4.74. The molecule has 1 aromatic carbocycles. The largest absolute Gasteiger partial charge is 0.467 e. The SMILES string of the molecule is COC(=O)[C@@H](CCSC)NC(=O)[C@@H]1CC(=O)N(c2cccc(Cl)c2)C1. The van der Waals surface area contributed by atoms with Crippen LogP contribution in [0, 0.1) is 5.92 Å². The van der Waals surface area contributed by atoms with E-state index < -0.39 is 17.9 Å². The molecule has 0 aliphatic carbocycles. The van der Waals surface area contributed by atoms with Gasteiger partial charge in [0.2, 0.25) is 11.8 Å². The zero-order chi connectivity index (χ0) is 18.4. The molecule has 1 saturated heterocycles. The zero-order valence-corrected chi connectivity index (χ0v) is 15.7. The lowest BCUT2D eigenvalue weighted by Crippen LogP contribution is -2.45. The van der Waals surface area contributed by atoms with Gasteiger partial charge in [0.1, 0.15) is 6.04 Å². The van der Waals surface area contributed by atoms with Crippen LogP contribution >= 0.6 is 23.4 Å². The van der Waals surface area contributed by atoms with Crippen molar-refractivity contribution in [3.63, 3.8) is 0 Å². The molecule has 0 saturated carbocycles. The number of carbonyl (C=O) groups excluding carboxylic acids is 3. The molecule has 8 heteroatoms. The Kier molecular flexibility index (Phi) is 7.13. The van der Waals surface area contributed by atoms with Crippen molar-refractivity contribution in [3.8, 4) is 0 Å². The fraction of sp³-hybridized carbons (Fsp3) is 0.471. The van der Waals surface area contributed by atoms with Crippen LogP contribution in [0.5, 0.6) is 0 Å². The summed E-state index contributed by atoms with van der Waals surface area (Å²) in [7, 11) is 1.29. The first-order valence-corrected chi connectivity index (χ1v) is 9.66. The van der Waals surface area contributed by atoms with Gasteiger partial charge in [0.25, 0.3) is 0 Å². The number of thioether (sulfide) groups is 1. The number of carbonyl (C=O) groups is 3. The van der Waals surface area contributed by atoms with Crippen molar-refractivity contribution in [1.82, 2.24) is 5.32 Å². The average Bonchev–Trinajstić information content (AvgIpc) is 2.99. The van der Waals surface area contributed by atoms with Gasteiger partial charge in [0.15, 0.2) is 0 Å². The van der Waals surface area contributed by atoms with E-state index in [4.69, 9.17) is 16.3 Å². The van der Waals surface area contributed by atoms with E-state index >= 15 is 0 Å². The molecular formula is C17H21ClN2O4S. The highest BCUT2D eigenvalue weighted by atomic mass is 35.5. The van der Waals surface area contributed by atoms with Crippen molar-refractivity contribution in [3.05, 3.63) is 29.3 Å². The molecule has 1 N–H and O–H groups in total. The Labute approximate surface area is 156 Å². The minimum atomic E-state index is -0.694. The van der Waals surface area contributed by atoms with Crippen molar-refractivity contribution < 1.29 is 19.1 Å². The van der Waals surface area contributed by atoms with E-state index in [9.17, 15) is 14.4 Å². The van der Waals surface area contributed by atoms with Gasteiger partial charge in [-0.25, -0.2) is 4.79 Å². The van der Waals surface area contributed by atoms with Crippen LogP contribution in [-0.4, -0.2) is 49.5 Å². The van der Waals surface area contributed by atoms with Crippen LogP contribution < -0.4 is 10.2 Å². The predicted molar refractivity (Wildman–Crippen MR) is 98.9 cm³/mol. The summed E-state index contributed by atoms with van der Waals surface area (Å²) in [4.78, 5) is 38.1. The van der Waals surface area contributed by atoms with Crippen LogP contribution in [0.15, 0.2) is 24.3 Å². The van der Waals surface area contributed by atoms with Crippen molar-refractivity contribution in [2.24, 2.45) is 5.92 Å². The number of amides is 2. The van der Waals surface area contributed by atoms with Gasteiger partial charge in [-0.1, -0.05) is 17.7 Å². The zero-order valence-electron chi connectivity index (χ0n) is 14.2. The fourth-order valence-corrected chi connectivity index (χ4v) is 3.35. The first kappa shape index (κ1) is 19.6. The number of halogens is 1. The molecule has 1 fully saturated rings. The standard InChI is InChI=1S/C17H21ClN2O4S/c1-24-17(23)14(6-7-25-2)19-16(22)11-8-15(21)20(10-11)13-5-3-4-12(18)9-13/h3-5,9,11,14H,6-8,10H2,1-2H3,(H,19,22)/t11-,14-/m1/s1. The summed E-state index contributed by atoms with van der Waals surface area (Å²) in [6, 6.07) is 6.26. The third-order valence-electron chi connectivity index (χ3n) is 4.03. The number of methoxy groups -OCH3 is 1. The van der Waals surface area contributed by atoms with E-state index in [0.717, 1.165) is 5.75 Å². The highest BCUT2D eigenvalue weighted by molar-refractivity contribution is 7.98. The van der Waals surface area contributed by atoms with Crippen LogP contribution in [0.4, 0.5) is 5.69 Å². The third kappa shape index (κ3) is 5.12. The molecule has 2 amide bonds. The number of esters is 1. The predicted octanol–water partition coefficient (Wildman–Crippen LogP) is 2.10. The quantitative estimate of drug-likeness (QED) is 0.728. The maximum atomic E-state index is 12.5. The van der Waals surface area contributed by atoms with Crippen molar-refractivity contribution in [2.45, 2.75) is 18.9 Å². The molecule has 2 atom stereocenters. The van der Waals surface area contributed by atoms with Gasteiger partial charge < -0.3 is 15.0 Å². The molecule has 1 aliphatic heterocycles. The van der Waals surface area contributed by atoms with E-state index in [0.29, 0.717) is 17.1 Å². The molecule has 1 aromatic rings. The Morgan fingerprint density at radius 1 is 1.48 bits per heavy atom. The molecule has 25 heavy (non-hydrogen) atoms. The van der Waals surface area contributed by atoms with Crippen LogP contribution in [0.25, 0.3) is 0 Å². The maximum Gasteiger partial charge on any atom is 0.328 e. The van der Waals surface area contributed by atoms with Gasteiger partial charge in [-0.2, -0.15) is 11.8 Å². The van der Waals surface area contributed by atoms with Crippen molar-refractivity contribution in [2.75, 3.05) is 30.6 Å². The summed E-state index contributed by atoms with van der Waals surface area (Å²) in [5.41, 5.74) is 0.666. The van der Waals surface area contributed by atoms with Gasteiger partial charge in [-0.3, -0.25) is 9.59 Å². The average molecular weight is 385 g/mol. The number of hydrogen-bond donors (Lipinski definition) is 1. The van der Waals surface area contributed by atoms with Crippen LogP contribution in [0.1, 0.15) is 12.8 Å².